The Morgan fingerprint density at radius 2 is 1.79 bits per heavy atom. The topological polar surface area (TPSA) is 106 Å². The first-order chi connectivity index (χ1) is 15.7. The monoisotopic (exact) mass is 460 g/mol. The van der Waals surface area contributed by atoms with Gasteiger partial charge in [0.15, 0.2) is 0 Å². The first-order valence-electron chi connectivity index (χ1n) is 10.1. The number of rotatable bonds is 5. The van der Waals surface area contributed by atoms with E-state index in [1.165, 1.54) is 29.5 Å². The zero-order valence-corrected chi connectivity index (χ0v) is 17.2. The number of halogens is 3. The van der Waals surface area contributed by atoms with Gasteiger partial charge in [-0.1, -0.05) is 0 Å². The maximum absolute atomic E-state index is 13.2. The van der Waals surface area contributed by atoms with Gasteiger partial charge in [0.25, 0.3) is 11.6 Å². The predicted molar refractivity (Wildman–Crippen MR) is 113 cm³/mol. The van der Waals surface area contributed by atoms with Crippen molar-refractivity contribution in [1.29, 1.82) is 0 Å². The molecule has 1 fully saturated rings. The fourth-order valence-corrected chi connectivity index (χ4v) is 3.75. The zero-order chi connectivity index (χ0) is 23.6. The summed E-state index contributed by atoms with van der Waals surface area (Å²) in [4.78, 5) is 29.7. The number of nitro benzene ring substituents is 1. The number of aromatic nitrogens is 3. The van der Waals surface area contributed by atoms with Gasteiger partial charge in [0.05, 0.1) is 21.9 Å². The van der Waals surface area contributed by atoms with E-state index in [0.717, 1.165) is 43.5 Å². The lowest BCUT2D eigenvalue weighted by atomic mass is 10.1. The summed E-state index contributed by atoms with van der Waals surface area (Å²) >= 11 is 0. The summed E-state index contributed by atoms with van der Waals surface area (Å²) in [6, 6.07) is 6.88. The molecule has 0 spiro atoms. The lowest BCUT2D eigenvalue weighted by Gasteiger charge is -2.28. The van der Waals surface area contributed by atoms with Crippen molar-refractivity contribution in [2.24, 2.45) is 0 Å². The number of nitrogens with one attached hydrogen (secondary N) is 1. The summed E-state index contributed by atoms with van der Waals surface area (Å²) < 4.78 is 40.9. The molecule has 0 atom stereocenters. The number of carbonyl (C=O) groups is 1. The molecule has 4 rings (SSSR count). The Kier molecular flexibility index (Phi) is 5.99. The average molecular weight is 460 g/mol. The molecule has 33 heavy (non-hydrogen) atoms. The Bertz CT molecular complexity index is 1170. The number of benzene rings is 2. The van der Waals surface area contributed by atoms with Crippen molar-refractivity contribution in [1.82, 2.24) is 14.8 Å². The van der Waals surface area contributed by atoms with Gasteiger partial charge in [-0.25, -0.2) is 9.67 Å². The van der Waals surface area contributed by atoms with Crippen LogP contribution in [0, 0.1) is 10.1 Å². The summed E-state index contributed by atoms with van der Waals surface area (Å²) in [7, 11) is 0. The molecule has 1 aliphatic rings. The standard InChI is InChI=1S/C21H19F3N6O3/c22-21(23,24)15-5-7-17(29-13-25-12-26-29)16(11-15)27-20(31)14-4-6-18(19(10-14)30(32)33)28-8-2-1-3-9-28/h4-7,10-13H,1-3,8-9H2,(H,27,31). The summed E-state index contributed by atoms with van der Waals surface area (Å²) in [5.74, 6) is -0.788. The van der Waals surface area contributed by atoms with Crippen LogP contribution in [0.1, 0.15) is 35.2 Å². The number of carbonyl (C=O) groups excluding carboxylic acids is 1. The van der Waals surface area contributed by atoms with E-state index < -0.39 is 22.6 Å². The summed E-state index contributed by atoms with van der Waals surface area (Å²) in [5, 5.41) is 18.0. The molecule has 0 aliphatic carbocycles. The smallest absolute Gasteiger partial charge is 0.366 e. The van der Waals surface area contributed by atoms with E-state index in [4.69, 9.17) is 0 Å². The molecule has 0 bridgehead atoms. The van der Waals surface area contributed by atoms with Crippen LogP contribution < -0.4 is 10.2 Å². The summed E-state index contributed by atoms with van der Waals surface area (Å²) in [6.07, 6.45) is 0.730. The molecule has 9 nitrogen and oxygen atoms in total. The molecule has 1 saturated heterocycles. The zero-order valence-electron chi connectivity index (χ0n) is 17.2. The molecule has 12 heteroatoms. The molecule has 1 N–H and O–H groups in total. The van der Waals surface area contributed by atoms with Crippen LogP contribution in [-0.2, 0) is 6.18 Å². The maximum atomic E-state index is 13.2. The van der Waals surface area contributed by atoms with Crippen LogP contribution >= 0.6 is 0 Å². The van der Waals surface area contributed by atoms with Crippen molar-refractivity contribution < 1.29 is 22.9 Å². The predicted octanol–water partition coefficient (Wildman–Crippen LogP) is 4.44. The van der Waals surface area contributed by atoms with Gasteiger partial charge in [-0.2, -0.15) is 18.3 Å². The molecule has 0 saturated carbocycles. The molecule has 2 aromatic carbocycles. The highest BCUT2D eigenvalue weighted by Gasteiger charge is 2.31. The second kappa shape index (κ2) is 8.88. The van der Waals surface area contributed by atoms with Gasteiger partial charge in [-0.15, -0.1) is 0 Å². The number of amides is 1. The first kappa shape index (κ1) is 22.2. The van der Waals surface area contributed by atoms with Crippen molar-refractivity contribution in [3.05, 3.63) is 70.3 Å². The number of piperidine rings is 1. The molecule has 1 aromatic heterocycles. The van der Waals surface area contributed by atoms with Crippen molar-refractivity contribution in [3.63, 3.8) is 0 Å². The van der Waals surface area contributed by atoms with Gasteiger partial charge >= 0.3 is 6.18 Å². The van der Waals surface area contributed by atoms with Gasteiger partial charge in [-0.3, -0.25) is 14.9 Å². The lowest BCUT2D eigenvalue weighted by Crippen LogP contribution is -2.30. The largest absolute Gasteiger partial charge is 0.416 e. The van der Waals surface area contributed by atoms with Crippen LogP contribution in [0.2, 0.25) is 0 Å². The quantitative estimate of drug-likeness (QED) is 0.446. The van der Waals surface area contributed by atoms with Crippen molar-refractivity contribution in [3.8, 4) is 5.69 Å². The summed E-state index contributed by atoms with van der Waals surface area (Å²) in [6.45, 7) is 1.36. The first-order valence-corrected chi connectivity index (χ1v) is 10.1. The van der Waals surface area contributed by atoms with Gasteiger partial charge in [-0.05, 0) is 49.6 Å². The van der Waals surface area contributed by atoms with E-state index in [2.05, 4.69) is 15.4 Å². The molecular weight excluding hydrogens is 441 g/mol. The van der Waals surface area contributed by atoms with Crippen molar-refractivity contribution in [2.45, 2.75) is 25.4 Å². The Hall–Kier alpha value is -3.96. The van der Waals surface area contributed by atoms with Gasteiger partial charge in [0.1, 0.15) is 18.3 Å². The van der Waals surface area contributed by atoms with Gasteiger partial charge in [0, 0.05) is 24.7 Å². The lowest BCUT2D eigenvalue weighted by molar-refractivity contribution is -0.384. The molecule has 172 valence electrons. The molecule has 1 aliphatic heterocycles. The summed E-state index contributed by atoms with van der Waals surface area (Å²) in [5.41, 5.74) is -0.836. The molecule has 0 unspecified atom stereocenters. The number of alkyl halides is 3. The molecule has 0 radical (unpaired) electrons. The van der Waals surface area contributed by atoms with Crippen LogP contribution in [0.3, 0.4) is 0 Å². The van der Waals surface area contributed by atoms with Crippen LogP contribution in [0.5, 0.6) is 0 Å². The van der Waals surface area contributed by atoms with Crippen LogP contribution in [0.4, 0.5) is 30.2 Å². The normalized spacial score (nSPS) is 14.2. The highest BCUT2D eigenvalue weighted by molar-refractivity contribution is 6.06. The number of nitro groups is 1. The van der Waals surface area contributed by atoms with E-state index in [1.807, 2.05) is 4.90 Å². The average Bonchev–Trinajstić information content (AvgIpc) is 3.33. The van der Waals surface area contributed by atoms with E-state index in [-0.39, 0.29) is 22.6 Å². The Morgan fingerprint density at radius 1 is 1.06 bits per heavy atom. The minimum Gasteiger partial charge on any atom is -0.366 e. The third-order valence-corrected chi connectivity index (χ3v) is 5.37. The number of anilines is 2. The third kappa shape index (κ3) is 4.78. The molecule has 2 heterocycles. The SMILES string of the molecule is O=C(Nc1cc(C(F)(F)F)ccc1-n1cncn1)c1ccc(N2CCCCC2)c([N+](=O)[O-])c1. The second-order valence-corrected chi connectivity index (χ2v) is 7.53. The fourth-order valence-electron chi connectivity index (χ4n) is 3.75. The Morgan fingerprint density at radius 3 is 2.42 bits per heavy atom. The van der Waals surface area contributed by atoms with Crippen molar-refractivity contribution in [2.75, 3.05) is 23.3 Å². The van der Waals surface area contributed by atoms with Crippen LogP contribution in [-0.4, -0.2) is 38.7 Å². The number of hydrogen-bond acceptors (Lipinski definition) is 6. The minimum atomic E-state index is -4.63. The molecular formula is C21H19F3N6O3. The number of hydrogen-bond donors (Lipinski definition) is 1. The van der Waals surface area contributed by atoms with E-state index in [9.17, 15) is 28.1 Å². The van der Waals surface area contributed by atoms with E-state index in [1.54, 1.807) is 0 Å². The third-order valence-electron chi connectivity index (χ3n) is 5.37. The van der Waals surface area contributed by atoms with Gasteiger partial charge < -0.3 is 10.2 Å². The Balaban J connectivity index is 1.68. The molecule has 3 aromatic rings. The van der Waals surface area contributed by atoms with Crippen molar-refractivity contribution >= 4 is 23.0 Å². The minimum absolute atomic E-state index is 0.0515. The second-order valence-electron chi connectivity index (χ2n) is 7.53. The highest BCUT2D eigenvalue weighted by atomic mass is 19.4. The maximum Gasteiger partial charge on any atom is 0.416 e. The molecule has 1 amide bonds. The Labute approximate surface area is 186 Å². The number of nitrogens with zero attached hydrogens (tertiary/aromatic N) is 5. The van der Waals surface area contributed by atoms with E-state index >= 15 is 0 Å². The van der Waals surface area contributed by atoms with Crippen LogP contribution in [0.15, 0.2) is 49.1 Å². The fraction of sp³-hybridized carbons (Fsp3) is 0.286. The van der Waals surface area contributed by atoms with Gasteiger partial charge in [0.2, 0.25) is 0 Å². The van der Waals surface area contributed by atoms with E-state index in [0.29, 0.717) is 18.8 Å². The highest BCUT2D eigenvalue weighted by Crippen LogP contribution is 2.34. The van der Waals surface area contributed by atoms with Crippen LogP contribution in [0.25, 0.3) is 5.69 Å².